The van der Waals surface area contributed by atoms with Crippen molar-refractivity contribution in [1.82, 2.24) is 0 Å². The third-order valence-electron chi connectivity index (χ3n) is 3.68. The molecular formula is C19H17NO4S. The van der Waals surface area contributed by atoms with Gasteiger partial charge in [0.15, 0.2) is 17.2 Å². The second-order valence-corrected chi connectivity index (χ2v) is 5.94. The standard InChI is InChI=1S/C19H17NO4S/c1-22-14-10-9-13(11-15(14)23-2)17(25-3)16-19(21)24-18(20-16)12-7-5-4-6-8-12/h4-11H,1-3H3/b17-16-. The number of thioether (sulfide) groups is 1. The highest BCUT2D eigenvalue weighted by Crippen LogP contribution is 2.37. The summed E-state index contributed by atoms with van der Waals surface area (Å²) in [5, 5.41) is 0. The molecule has 5 nitrogen and oxygen atoms in total. The van der Waals surface area contributed by atoms with Crippen molar-refractivity contribution in [3.05, 3.63) is 65.4 Å². The van der Waals surface area contributed by atoms with Gasteiger partial charge in [0.05, 0.1) is 14.2 Å². The molecular weight excluding hydrogens is 338 g/mol. The number of rotatable bonds is 5. The summed E-state index contributed by atoms with van der Waals surface area (Å²) >= 11 is 1.43. The Morgan fingerprint density at radius 1 is 1.04 bits per heavy atom. The molecule has 0 bridgehead atoms. The van der Waals surface area contributed by atoms with Gasteiger partial charge >= 0.3 is 5.97 Å². The van der Waals surface area contributed by atoms with Gasteiger partial charge in [-0.3, -0.25) is 0 Å². The fraction of sp³-hybridized carbons (Fsp3) is 0.158. The normalized spacial score (nSPS) is 15.5. The summed E-state index contributed by atoms with van der Waals surface area (Å²) in [6, 6.07) is 14.8. The third-order valence-corrected chi connectivity index (χ3v) is 4.52. The Morgan fingerprint density at radius 3 is 2.40 bits per heavy atom. The van der Waals surface area contributed by atoms with Gasteiger partial charge in [0.25, 0.3) is 0 Å². The molecule has 0 fully saturated rings. The van der Waals surface area contributed by atoms with Crippen LogP contribution in [0.25, 0.3) is 4.91 Å². The molecule has 25 heavy (non-hydrogen) atoms. The molecule has 128 valence electrons. The van der Waals surface area contributed by atoms with Gasteiger partial charge in [-0.1, -0.05) is 18.2 Å². The molecule has 0 radical (unpaired) electrons. The zero-order valence-electron chi connectivity index (χ0n) is 14.1. The summed E-state index contributed by atoms with van der Waals surface area (Å²) in [7, 11) is 3.15. The molecule has 6 heteroatoms. The molecule has 0 unspecified atom stereocenters. The molecule has 0 amide bonds. The number of aliphatic imine (C=N–C) groups is 1. The second kappa shape index (κ2) is 7.44. The highest BCUT2D eigenvalue weighted by Gasteiger charge is 2.28. The quantitative estimate of drug-likeness (QED) is 0.604. The van der Waals surface area contributed by atoms with E-state index in [9.17, 15) is 4.79 Å². The summed E-state index contributed by atoms with van der Waals surface area (Å²) in [6.45, 7) is 0. The van der Waals surface area contributed by atoms with Crippen LogP contribution in [0.4, 0.5) is 0 Å². The predicted molar refractivity (Wildman–Crippen MR) is 99.1 cm³/mol. The van der Waals surface area contributed by atoms with Crippen LogP contribution in [0.5, 0.6) is 11.5 Å². The van der Waals surface area contributed by atoms with Gasteiger partial charge in [-0.2, -0.15) is 0 Å². The van der Waals surface area contributed by atoms with E-state index in [1.165, 1.54) is 11.8 Å². The number of carbonyl (C=O) groups excluding carboxylic acids is 1. The molecule has 0 spiro atoms. The van der Waals surface area contributed by atoms with Crippen molar-refractivity contribution >= 4 is 28.5 Å². The van der Waals surface area contributed by atoms with Crippen molar-refractivity contribution in [1.29, 1.82) is 0 Å². The van der Waals surface area contributed by atoms with Crippen LogP contribution in [0.2, 0.25) is 0 Å². The minimum absolute atomic E-state index is 0.290. The molecule has 0 aliphatic carbocycles. The van der Waals surface area contributed by atoms with E-state index in [0.29, 0.717) is 23.1 Å². The zero-order valence-corrected chi connectivity index (χ0v) is 14.9. The van der Waals surface area contributed by atoms with Gasteiger partial charge in [0.1, 0.15) is 0 Å². The molecule has 0 N–H and O–H groups in total. The minimum Gasteiger partial charge on any atom is -0.493 e. The zero-order chi connectivity index (χ0) is 17.8. The smallest absolute Gasteiger partial charge is 0.365 e. The van der Waals surface area contributed by atoms with Gasteiger partial charge < -0.3 is 14.2 Å². The van der Waals surface area contributed by atoms with Gasteiger partial charge in [0.2, 0.25) is 5.90 Å². The monoisotopic (exact) mass is 355 g/mol. The van der Waals surface area contributed by atoms with Gasteiger partial charge in [-0.25, -0.2) is 9.79 Å². The van der Waals surface area contributed by atoms with Crippen LogP contribution < -0.4 is 9.47 Å². The van der Waals surface area contributed by atoms with Crippen molar-refractivity contribution in [3.8, 4) is 11.5 Å². The summed E-state index contributed by atoms with van der Waals surface area (Å²) < 4.78 is 16.0. The van der Waals surface area contributed by atoms with E-state index in [4.69, 9.17) is 14.2 Å². The first-order valence-electron chi connectivity index (χ1n) is 7.55. The van der Waals surface area contributed by atoms with Crippen LogP contribution >= 0.6 is 11.8 Å². The first kappa shape index (κ1) is 17.1. The number of benzene rings is 2. The topological polar surface area (TPSA) is 57.1 Å². The maximum atomic E-state index is 12.3. The second-order valence-electron chi connectivity index (χ2n) is 5.12. The molecule has 1 aliphatic rings. The number of methoxy groups -OCH3 is 2. The van der Waals surface area contributed by atoms with Crippen LogP contribution in [0, 0.1) is 0 Å². The lowest BCUT2D eigenvalue weighted by Gasteiger charge is -2.11. The number of ether oxygens (including phenoxy) is 3. The molecule has 1 aliphatic heterocycles. The lowest BCUT2D eigenvalue weighted by Crippen LogP contribution is -2.05. The molecule has 0 saturated heterocycles. The SMILES string of the molecule is COc1ccc(/C(SC)=C2/N=C(c3ccccc3)OC2=O)cc1OC. The minimum atomic E-state index is -0.460. The van der Waals surface area contributed by atoms with E-state index < -0.39 is 5.97 Å². The van der Waals surface area contributed by atoms with Gasteiger partial charge in [0, 0.05) is 10.5 Å². The van der Waals surface area contributed by atoms with Crippen molar-refractivity contribution in [2.75, 3.05) is 20.5 Å². The summed E-state index contributed by atoms with van der Waals surface area (Å²) in [6.07, 6.45) is 1.89. The first-order valence-corrected chi connectivity index (χ1v) is 8.77. The van der Waals surface area contributed by atoms with Crippen LogP contribution in [-0.2, 0) is 9.53 Å². The van der Waals surface area contributed by atoms with Crippen LogP contribution in [0.1, 0.15) is 11.1 Å². The summed E-state index contributed by atoms with van der Waals surface area (Å²) in [5.41, 5.74) is 1.87. The van der Waals surface area contributed by atoms with E-state index in [1.807, 2.05) is 48.7 Å². The Balaban J connectivity index is 2.07. The number of cyclic esters (lactones) is 1. The Hall–Kier alpha value is -2.73. The molecule has 3 rings (SSSR count). The highest BCUT2D eigenvalue weighted by atomic mass is 32.2. The number of hydrogen-bond acceptors (Lipinski definition) is 6. The van der Waals surface area contributed by atoms with Gasteiger partial charge in [-0.15, -0.1) is 11.8 Å². The number of carbonyl (C=O) groups is 1. The Bertz CT molecular complexity index is 859. The van der Waals surface area contributed by atoms with Crippen LogP contribution in [0.3, 0.4) is 0 Å². The summed E-state index contributed by atoms with van der Waals surface area (Å²) in [5.74, 6) is 1.07. The fourth-order valence-corrected chi connectivity index (χ4v) is 3.17. The maximum Gasteiger partial charge on any atom is 0.365 e. The van der Waals surface area contributed by atoms with Crippen molar-refractivity contribution < 1.29 is 19.0 Å². The van der Waals surface area contributed by atoms with E-state index in [2.05, 4.69) is 4.99 Å². The summed E-state index contributed by atoms with van der Waals surface area (Å²) in [4.78, 5) is 17.5. The molecule has 2 aromatic rings. The molecule has 0 saturated carbocycles. The van der Waals surface area contributed by atoms with Crippen molar-refractivity contribution in [3.63, 3.8) is 0 Å². The predicted octanol–water partition coefficient (Wildman–Crippen LogP) is 3.74. The van der Waals surface area contributed by atoms with E-state index in [0.717, 1.165) is 16.0 Å². The molecule has 1 heterocycles. The van der Waals surface area contributed by atoms with Crippen molar-refractivity contribution in [2.45, 2.75) is 0 Å². The van der Waals surface area contributed by atoms with Crippen LogP contribution in [-0.4, -0.2) is 32.3 Å². The van der Waals surface area contributed by atoms with Crippen molar-refractivity contribution in [2.24, 2.45) is 4.99 Å². The Kier molecular flexibility index (Phi) is 5.09. The first-order chi connectivity index (χ1) is 12.2. The fourth-order valence-electron chi connectivity index (χ4n) is 2.48. The highest BCUT2D eigenvalue weighted by molar-refractivity contribution is 8.07. The van der Waals surface area contributed by atoms with Crippen LogP contribution in [0.15, 0.2) is 59.2 Å². The average molecular weight is 355 g/mol. The molecule has 2 aromatic carbocycles. The van der Waals surface area contributed by atoms with Gasteiger partial charge in [-0.05, 0) is 42.2 Å². The Morgan fingerprint density at radius 2 is 1.76 bits per heavy atom. The number of hydrogen-bond donors (Lipinski definition) is 0. The Labute approximate surface area is 150 Å². The van der Waals surface area contributed by atoms with E-state index in [-0.39, 0.29) is 0 Å². The third kappa shape index (κ3) is 3.39. The van der Waals surface area contributed by atoms with E-state index >= 15 is 0 Å². The van der Waals surface area contributed by atoms with E-state index in [1.54, 1.807) is 20.3 Å². The molecule has 0 aromatic heterocycles. The number of nitrogens with zero attached hydrogens (tertiary/aromatic N) is 1. The molecule has 0 atom stereocenters. The lowest BCUT2D eigenvalue weighted by molar-refractivity contribution is -0.129. The average Bonchev–Trinajstić information content (AvgIpc) is 3.04. The maximum absolute atomic E-state index is 12.3. The largest absolute Gasteiger partial charge is 0.493 e. The lowest BCUT2D eigenvalue weighted by atomic mass is 10.1. The number of esters is 1.